The van der Waals surface area contributed by atoms with Gasteiger partial charge in [0.15, 0.2) is 0 Å². The lowest BCUT2D eigenvalue weighted by atomic mass is 10.1. The molecule has 0 amide bonds. The molecule has 2 N–H and O–H groups in total. The van der Waals surface area contributed by atoms with E-state index in [-0.39, 0.29) is 17.5 Å². The molecule has 0 spiro atoms. The molecule has 2 rings (SSSR count). The number of phenolic OH excluding ortho intramolecular Hbond substituents is 2. The van der Waals surface area contributed by atoms with E-state index in [1.807, 2.05) is 18.2 Å². The van der Waals surface area contributed by atoms with Crippen LogP contribution in [0.25, 0.3) is 0 Å². The number of likely N-dealkylation sites (N-methyl/N-ethyl adjacent to an activating group) is 1. The second kappa shape index (κ2) is 6.44. The average molecular weight is 271 g/mol. The summed E-state index contributed by atoms with van der Waals surface area (Å²) in [6, 6.07) is 15.2. The van der Waals surface area contributed by atoms with E-state index >= 15 is 0 Å². The summed E-state index contributed by atoms with van der Waals surface area (Å²) >= 11 is 0. The molecule has 20 heavy (non-hydrogen) atoms. The lowest BCUT2D eigenvalue weighted by Gasteiger charge is -2.25. The Morgan fingerprint density at radius 3 is 2.20 bits per heavy atom. The highest BCUT2D eigenvalue weighted by Gasteiger charge is 2.13. The topological polar surface area (TPSA) is 43.7 Å². The number of nitrogens with zero attached hydrogens (tertiary/aromatic N) is 1. The molecule has 0 fully saturated rings. The maximum absolute atomic E-state index is 9.55. The Hall–Kier alpha value is -2.00. The van der Waals surface area contributed by atoms with Gasteiger partial charge in [0.25, 0.3) is 0 Å². The van der Waals surface area contributed by atoms with E-state index in [1.165, 1.54) is 11.6 Å². The molecular formula is C17H21NO2. The van der Waals surface area contributed by atoms with Crippen LogP contribution in [0.3, 0.4) is 0 Å². The Kier molecular flexibility index (Phi) is 4.64. The van der Waals surface area contributed by atoms with Gasteiger partial charge in [0.1, 0.15) is 11.5 Å². The predicted octanol–water partition coefficient (Wildman–Crippen LogP) is 3.33. The minimum Gasteiger partial charge on any atom is -0.508 e. The fourth-order valence-electron chi connectivity index (χ4n) is 2.26. The number of phenols is 2. The predicted molar refractivity (Wildman–Crippen MR) is 81.0 cm³/mol. The van der Waals surface area contributed by atoms with E-state index in [4.69, 9.17) is 0 Å². The molecule has 1 unspecified atom stereocenters. The van der Waals surface area contributed by atoms with Crippen molar-refractivity contribution in [3.8, 4) is 11.5 Å². The third kappa shape index (κ3) is 3.75. The number of aromatic hydroxyl groups is 2. The zero-order valence-corrected chi connectivity index (χ0v) is 12.0. The monoisotopic (exact) mass is 271 g/mol. The fraction of sp³-hybridized carbons (Fsp3) is 0.294. The van der Waals surface area contributed by atoms with Gasteiger partial charge >= 0.3 is 0 Å². The number of hydrogen-bond donors (Lipinski definition) is 2. The molecule has 106 valence electrons. The first-order valence-electron chi connectivity index (χ1n) is 6.83. The second-order valence-electron chi connectivity index (χ2n) is 5.17. The summed E-state index contributed by atoms with van der Waals surface area (Å²) < 4.78 is 0. The van der Waals surface area contributed by atoms with E-state index < -0.39 is 0 Å². The number of benzene rings is 2. The zero-order valence-electron chi connectivity index (χ0n) is 12.0. The van der Waals surface area contributed by atoms with Crippen molar-refractivity contribution in [1.29, 1.82) is 0 Å². The Labute approximate surface area is 120 Å². The molecule has 2 aromatic rings. The van der Waals surface area contributed by atoms with Crippen molar-refractivity contribution in [2.75, 3.05) is 13.6 Å². The summed E-state index contributed by atoms with van der Waals surface area (Å²) in [5.41, 5.74) is 2.23. The maximum atomic E-state index is 9.55. The molecule has 0 bridgehead atoms. The Morgan fingerprint density at radius 2 is 1.60 bits per heavy atom. The summed E-state index contributed by atoms with van der Waals surface area (Å²) in [4.78, 5) is 2.21. The molecule has 0 heterocycles. The maximum Gasteiger partial charge on any atom is 0.119 e. The van der Waals surface area contributed by atoms with Crippen LogP contribution in [0.5, 0.6) is 11.5 Å². The first-order chi connectivity index (χ1) is 9.56. The van der Waals surface area contributed by atoms with E-state index in [1.54, 1.807) is 12.1 Å². The van der Waals surface area contributed by atoms with Gasteiger partial charge in [-0.2, -0.15) is 0 Å². The highest BCUT2D eigenvalue weighted by Crippen LogP contribution is 2.27. The van der Waals surface area contributed by atoms with Gasteiger partial charge in [-0.1, -0.05) is 30.3 Å². The fourth-order valence-corrected chi connectivity index (χ4v) is 2.26. The minimum atomic E-state index is 0.100. The summed E-state index contributed by atoms with van der Waals surface area (Å²) in [6.07, 6.45) is 0.979. The molecule has 0 aromatic heterocycles. The molecule has 0 aliphatic carbocycles. The van der Waals surface area contributed by atoms with Crippen molar-refractivity contribution < 1.29 is 10.2 Å². The van der Waals surface area contributed by atoms with E-state index in [0.717, 1.165) is 18.5 Å². The normalized spacial score (nSPS) is 12.6. The van der Waals surface area contributed by atoms with Crippen molar-refractivity contribution in [2.24, 2.45) is 0 Å². The molecule has 0 saturated heterocycles. The van der Waals surface area contributed by atoms with E-state index in [9.17, 15) is 10.2 Å². The third-order valence-corrected chi connectivity index (χ3v) is 3.66. The van der Waals surface area contributed by atoms with Gasteiger partial charge in [-0.15, -0.1) is 0 Å². The van der Waals surface area contributed by atoms with Crippen molar-refractivity contribution >= 4 is 0 Å². The van der Waals surface area contributed by atoms with Crippen LogP contribution >= 0.6 is 0 Å². The quantitative estimate of drug-likeness (QED) is 0.876. The van der Waals surface area contributed by atoms with Gasteiger partial charge in [-0.3, -0.25) is 4.90 Å². The molecule has 2 aromatic carbocycles. The summed E-state index contributed by atoms with van der Waals surface area (Å²) in [5, 5.41) is 19.1. The first-order valence-corrected chi connectivity index (χ1v) is 6.83. The van der Waals surface area contributed by atoms with E-state index in [0.29, 0.717) is 0 Å². The van der Waals surface area contributed by atoms with Crippen LogP contribution in [-0.2, 0) is 6.42 Å². The summed E-state index contributed by atoms with van der Waals surface area (Å²) in [7, 11) is 2.05. The molecule has 1 atom stereocenters. The van der Waals surface area contributed by atoms with Gasteiger partial charge in [0.2, 0.25) is 0 Å². The standard InChI is InChI=1S/C17H21NO2/c1-13(15-10-16(19)12-17(20)11-15)18(2)9-8-14-6-4-3-5-7-14/h3-7,10-13,19-20H,8-9H2,1-2H3. The molecule has 3 nitrogen and oxygen atoms in total. The lowest BCUT2D eigenvalue weighted by Crippen LogP contribution is -2.24. The van der Waals surface area contributed by atoms with Gasteiger partial charge in [0.05, 0.1) is 0 Å². The molecule has 0 aliphatic rings. The highest BCUT2D eigenvalue weighted by molar-refractivity contribution is 5.38. The van der Waals surface area contributed by atoms with Gasteiger partial charge in [-0.25, -0.2) is 0 Å². The smallest absolute Gasteiger partial charge is 0.119 e. The van der Waals surface area contributed by atoms with Crippen molar-refractivity contribution in [3.05, 3.63) is 59.7 Å². The van der Waals surface area contributed by atoms with Crippen LogP contribution in [0.15, 0.2) is 48.5 Å². The van der Waals surface area contributed by atoms with Crippen molar-refractivity contribution in [3.63, 3.8) is 0 Å². The lowest BCUT2D eigenvalue weighted by molar-refractivity contribution is 0.264. The SMILES string of the molecule is CC(c1cc(O)cc(O)c1)N(C)CCc1ccccc1. The molecule has 0 radical (unpaired) electrons. The highest BCUT2D eigenvalue weighted by atomic mass is 16.3. The molecular weight excluding hydrogens is 250 g/mol. The van der Waals surface area contributed by atoms with E-state index in [2.05, 4.69) is 31.0 Å². The summed E-state index contributed by atoms with van der Waals surface area (Å²) in [5.74, 6) is 0.201. The van der Waals surface area contributed by atoms with Gasteiger partial charge < -0.3 is 10.2 Å². The number of rotatable bonds is 5. The number of hydrogen-bond acceptors (Lipinski definition) is 3. The molecule has 0 aliphatic heterocycles. The largest absolute Gasteiger partial charge is 0.508 e. The Bertz CT molecular complexity index is 534. The Balaban J connectivity index is 1.99. The van der Waals surface area contributed by atoms with Crippen LogP contribution in [0, 0.1) is 0 Å². The van der Waals surface area contributed by atoms with Crippen LogP contribution in [0.2, 0.25) is 0 Å². The third-order valence-electron chi connectivity index (χ3n) is 3.66. The Morgan fingerprint density at radius 1 is 1.00 bits per heavy atom. The van der Waals surface area contributed by atoms with Gasteiger partial charge in [0, 0.05) is 18.7 Å². The second-order valence-corrected chi connectivity index (χ2v) is 5.17. The van der Waals surface area contributed by atoms with Crippen LogP contribution < -0.4 is 0 Å². The summed E-state index contributed by atoms with van der Waals surface area (Å²) in [6.45, 7) is 2.99. The van der Waals surface area contributed by atoms with Crippen molar-refractivity contribution in [1.82, 2.24) is 4.90 Å². The average Bonchev–Trinajstić information content (AvgIpc) is 2.44. The zero-order chi connectivity index (χ0) is 14.5. The molecule has 0 saturated carbocycles. The van der Waals surface area contributed by atoms with Crippen LogP contribution in [0.1, 0.15) is 24.1 Å². The van der Waals surface area contributed by atoms with Crippen LogP contribution in [0.4, 0.5) is 0 Å². The van der Waals surface area contributed by atoms with Gasteiger partial charge in [-0.05, 0) is 43.7 Å². The minimum absolute atomic E-state index is 0.100. The van der Waals surface area contributed by atoms with Crippen LogP contribution in [-0.4, -0.2) is 28.7 Å². The van der Waals surface area contributed by atoms with Crippen molar-refractivity contribution in [2.45, 2.75) is 19.4 Å². The first kappa shape index (κ1) is 14.4. The molecule has 3 heteroatoms.